The summed E-state index contributed by atoms with van der Waals surface area (Å²) in [7, 11) is 0. The molecule has 9 nitrogen and oxygen atoms in total. The van der Waals surface area contributed by atoms with Crippen molar-refractivity contribution in [1.29, 1.82) is 10.5 Å². The van der Waals surface area contributed by atoms with Crippen molar-refractivity contribution < 1.29 is 13.2 Å². The van der Waals surface area contributed by atoms with Crippen molar-refractivity contribution in [3.05, 3.63) is 40.5 Å². The molecule has 0 spiro atoms. The number of nitrogens with one attached hydrogen (secondary N) is 2. The molecule has 2 aliphatic heterocycles. The maximum absolute atomic E-state index is 14.0. The highest BCUT2D eigenvalue weighted by Crippen LogP contribution is 2.44. The van der Waals surface area contributed by atoms with Crippen molar-refractivity contribution in [1.82, 2.24) is 10.3 Å². The summed E-state index contributed by atoms with van der Waals surface area (Å²) in [6, 6.07) is 4.81. The number of fused-ring (bicyclic) bond motifs is 1. The van der Waals surface area contributed by atoms with Crippen molar-refractivity contribution >= 4 is 29.0 Å². The molecule has 12 heteroatoms. The van der Waals surface area contributed by atoms with Crippen LogP contribution in [0.1, 0.15) is 41.1 Å². The van der Waals surface area contributed by atoms with Crippen molar-refractivity contribution in [2.45, 2.75) is 25.1 Å². The lowest BCUT2D eigenvalue weighted by Crippen LogP contribution is -2.33. The van der Waals surface area contributed by atoms with Crippen LogP contribution in [0.15, 0.2) is 23.2 Å². The minimum atomic E-state index is -4.59. The molecule has 2 aliphatic rings. The van der Waals surface area contributed by atoms with Gasteiger partial charge in [0, 0.05) is 24.3 Å². The number of benzene rings is 1. The van der Waals surface area contributed by atoms with Gasteiger partial charge < -0.3 is 21.7 Å². The number of aliphatic imine (C=N–C) groups is 1. The number of rotatable bonds is 2. The third-order valence-electron chi connectivity index (χ3n) is 5.45. The lowest BCUT2D eigenvalue weighted by atomic mass is 9.93. The number of hydrogen-bond donors (Lipinski definition) is 4. The third kappa shape index (κ3) is 3.56. The van der Waals surface area contributed by atoms with Crippen molar-refractivity contribution in [3.8, 4) is 12.3 Å². The van der Waals surface area contributed by atoms with E-state index in [1.54, 1.807) is 11.1 Å². The molecular weight excluding hydrogens is 423 g/mol. The molecule has 0 aliphatic carbocycles. The number of pyridine rings is 1. The Morgan fingerprint density at radius 2 is 1.91 bits per heavy atom. The number of guanidine groups is 1. The SMILES string of the molecule is N#CNC1=NC(c2ccc(N3CCCC3)c(C(F)(F)F)c2)c2c(nc(N)c(C#N)c2N)N1. The number of nitrogen functional groups attached to an aromatic ring is 2. The smallest absolute Gasteiger partial charge is 0.397 e. The van der Waals surface area contributed by atoms with Crippen LogP contribution >= 0.6 is 0 Å². The van der Waals surface area contributed by atoms with Crippen LogP contribution in [-0.4, -0.2) is 24.0 Å². The second kappa shape index (κ2) is 7.81. The van der Waals surface area contributed by atoms with Crippen LogP contribution < -0.4 is 27.0 Å². The van der Waals surface area contributed by atoms with Crippen molar-refractivity contribution in [2.75, 3.05) is 34.8 Å². The molecule has 0 bridgehead atoms. The van der Waals surface area contributed by atoms with E-state index in [9.17, 15) is 18.4 Å². The number of nitriles is 2. The van der Waals surface area contributed by atoms with E-state index in [0.29, 0.717) is 13.1 Å². The summed E-state index contributed by atoms with van der Waals surface area (Å²) in [4.78, 5) is 10.1. The molecule has 2 aromatic rings. The Kier molecular flexibility index (Phi) is 5.14. The predicted molar refractivity (Wildman–Crippen MR) is 112 cm³/mol. The summed E-state index contributed by atoms with van der Waals surface area (Å²) >= 11 is 0. The summed E-state index contributed by atoms with van der Waals surface area (Å²) in [6.45, 7) is 1.10. The van der Waals surface area contributed by atoms with Crippen LogP contribution in [0.2, 0.25) is 0 Å². The zero-order chi connectivity index (χ0) is 23.0. The first-order chi connectivity index (χ1) is 15.2. The van der Waals surface area contributed by atoms with Gasteiger partial charge in [0.1, 0.15) is 29.3 Å². The third-order valence-corrected chi connectivity index (χ3v) is 5.45. The Balaban J connectivity index is 1.91. The van der Waals surface area contributed by atoms with Gasteiger partial charge in [-0.1, -0.05) is 6.07 Å². The molecule has 0 radical (unpaired) electrons. The molecule has 0 amide bonds. The van der Waals surface area contributed by atoms with E-state index in [4.69, 9.17) is 16.7 Å². The minimum absolute atomic E-state index is 0.0295. The molecule has 32 heavy (non-hydrogen) atoms. The van der Waals surface area contributed by atoms with Gasteiger partial charge in [0.05, 0.1) is 11.3 Å². The van der Waals surface area contributed by atoms with Gasteiger partial charge in [-0.05, 0) is 30.5 Å². The summed E-state index contributed by atoms with van der Waals surface area (Å²) in [6.07, 6.45) is -1.24. The molecule has 3 heterocycles. The number of aromatic nitrogens is 1. The summed E-state index contributed by atoms with van der Waals surface area (Å²) in [5.74, 6) is -0.0688. The number of alkyl halides is 3. The first-order valence-electron chi connectivity index (χ1n) is 9.69. The summed E-state index contributed by atoms with van der Waals surface area (Å²) in [5, 5.41) is 23.4. The Hall–Kier alpha value is -4.19. The number of nitrogens with two attached hydrogens (primary N) is 2. The summed E-state index contributed by atoms with van der Waals surface area (Å²) in [5.41, 5.74) is 11.5. The van der Waals surface area contributed by atoms with Gasteiger partial charge in [-0.2, -0.15) is 23.7 Å². The van der Waals surface area contributed by atoms with Crippen LogP contribution in [0.25, 0.3) is 0 Å². The number of anilines is 4. The van der Waals surface area contributed by atoms with E-state index in [2.05, 4.69) is 20.6 Å². The van der Waals surface area contributed by atoms with Crippen LogP contribution in [0.4, 0.5) is 36.2 Å². The zero-order valence-electron chi connectivity index (χ0n) is 16.7. The first kappa shape index (κ1) is 21.1. The molecule has 1 unspecified atom stereocenters. The fourth-order valence-corrected chi connectivity index (χ4v) is 4.01. The Bertz CT molecular complexity index is 1180. The van der Waals surface area contributed by atoms with Gasteiger partial charge in [0.25, 0.3) is 0 Å². The van der Waals surface area contributed by atoms with Crippen LogP contribution in [0, 0.1) is 22.8 Å². The van der Waals surface area contributed by atoms with Gasteiger partial charge in [0.2, 0.25) is 5.96 Å². The van der Waals surface area contributed by atoms with E-state index in [-0.39, 0.29) is 45.7 Å². The van der Waals surface area contributed by atoms with Crippen LogP contribution in [0.5, 0.6) is 0 Å². The topological polar surface area (TPSA) is 152 Å². The molecular formula is C20H18F3N9. The fraction of sp³-hybridized carbons (Fsp3) is 0.300. The molecule has 164 valence electrons. The van der Waals surface area contributed by atoms with Gasteiger partial charge >= 0.3 is 6.18 Å². The van der Waals surface area contributed by atoms with Gasteiger partial charge in [-0.25, -0.2) is 9.98 Å². The van der Waals surface area contributed by atoms with Crippen LogP contribution in [0.3, 0.4) is 0 Å². The van der Waals surface area contributed by atoms with E-state index in [0.717, 1.165) is 18.9 Å². The maximum atomic E-state index is 14.0. The monoisotopic (exact) mass is 441 g/mol. The van der Waals surface area contributed by atoms with Gasteiger partial charge in [0.15, 0.2) is 6.19 Å². The second-order valence-electron chi connectivity index (χ2n) is 7.37. The minimum Gasteiger partial charge on any atom is -0.397 e. The van der Waals surface area contributed by atoms with Crippen LogP contribution in [-0.2, 0) is 6.18 Å². The van der Waals surface area contributed by atoms with Crippen molar-refractivity contribution in [3.63, 3.8) is 0 Å². The predicted octanol–water partition coefficient (Wildman–Crippen LogP) is 2.68. The molecule has 0 saturated carbocycles. The second-order valence-corrected chi connectivity index (χ2v) is 7.37. The molecule has 1 aromatic heterocycles. The lowest BCUT2D eigenvalue weighted by molar-refractivity contribution is -0.137. The fourth-order valence-electron chi connectivity index (χ4n) is 4.01. The summed E-state index contributed by atoms with van der Waals surface area (Å²) < 4.78 is 41.9. The van der Waals surface area contributed by atoms with Crippen molar-refractivity contribution in [2.24, 2.45) is 4.99 Å². The van der Waals surface area contributed by atoms with E-state index >= 15 is 0 Å². The zero-order valence-corrected chi connectivity index (χ0v) is 16.7. The highest BCUT2D eigenvalue weighted by Gasteiger charge is 2.37. The molecule has 4 rings (SSSR count). The molecule has 1 atom stereocenters. The highest BCUT2D eigenvalue weighted by molar-refractivity contribution is 5.98. The average molecular weight is 441 g/mol. The Labute approximate surface area is 181 Å². The van der Waals surface area contributed by atoms with E-state index in [1.165, 1.54) is 12.1 Å². The Morgan fingerprint density at radius 3 is 2.53 bits per heavy atom. The number of hydrogen-bond acceptors (Lipinski definition) is 9. The molecule has 1 saturated heterocycles. The maximum Gasteiger partial charge on any atom is 0.418 e. The highest BCUT2D eigenvalue weighted by atomic mass is 19.4. The average Bonchev–Trinajstić information content (AvgIpc) is 3.27. The number of halogens is 3. The normalized spacial score (nSPS) is 17.6. The Morgan fingerprint density at radius 1 is 1.19 bits per heavy atom. The van der Waals surface area contributed by atoms with Gasteiger partial charge in [-0.3, -0.25) is 5.32 Å². The standard InChI is InChI=1S/C20H18F3N9/c21-20(22,23)12-7-10(3-4-13(12)32-5-1-2-6-32)16-14-15(26)11(8-24)17(27)30-18(14)31-19(29-16)28-9-25/h3-4,7,16H,1-2,5-6H2,(H6,26,27,28,29,30,31). The molecule has 6 N–H and O–H groups in total. The largest absolute Gasteiger partial charge is 0.418 e. The van der Waals surface area contributed by atoms with Gasteiger partial charge in [-0.15, -0.1) is 0 Å². The molecule has 1 fully saturated rings. The molecule has 1 aromatic carbocycles. The lowest BCUT2D eigenvalue weighted by Gasteiger charge is -2.28. The van der Waals surface area contributed by atoms with E-state index in [1.807, 2.05) is 6.07 Å². The number of nitrogens with zero attached hydrogens (tertiary/aromatic N) is 5. The quantitative estimate of drug-likeness (QED) is 0.410. The first-order valence-corrected chi connectivity index (χ1v) is 9.69. The van der Waals surface area contributed by atoms with E-state index < -0.39 is 17.8 Å².